The van der Waals surface area contributed by atoms with E-state index < -0.39 is 11.0 Å². The average molecular weight is 273 g/mol. The van der Waals surface area contributed by atoms with Crippen molar-refractivity contribution in [1.82, 2.24) is 0 Å². The molecule has 0 bridgehead atoms. The number of hydrogen-bond acceptors (Lipinski definition) is 3. The molecule has 1 aromatic rings. The van der Waals surface area contributed by atoms with Gasteiger partial charge < -0.3 is 10.2 Å². The van der Waals surface area contributed by atoms with Crippen LogP contribution in [0.1, 0.15) is 44.2 Å². The number of nitriles is 1. The van der Waals surface area contributed by atoms with Gasteiger partial charge in [0.2, 0.25) is 0 Å². The van der Waals surface area contributed by atoms with Gasteiger partial charge in [0.25, 0.3) is 0 Å². The van der Waals surface area contributed by atoms with E-state index in [1.807, 2.05) is 38.1 Å². The predicted molar refractivity (Wildman–Crippen MR) is 80.1 cm³/mol. The van der Waals surface area contributed by atoms with Gasteiger partial charge in [0.05, 0.1) is 11.5 Å². The van der Waals surface area contributed by atoms with Crippen molar-refractivity contribution in [1.29, 1.82) is 5.26 Å². The lowest BCUT2D eigenvalue weighted by Gasteiger charge is -2.26. The molecule has 1 aromatic carbocycles. The Balaban J connectivity index is 2.96. The molecule has 0 radical (unpaired) electrons. The summed E-state index contributed by atoms with van der Waals surface area (Å²) >= 11 is 0. The molecular weight excluding hydrogens is 250 g/mol. The molecule has 0 saturated heterocycles. The third-order valence-corrected chi connectivity index (χ3v) is 3.69. The number of unbranched alkanes of at least 4 members (excludes halogenated alkanes) is 1. The molecule has 108 valence electrons. The Kier molecular flexibility index (Phi) is 5.50. The van der Waals surface area contributed by atoms with Crippen LogP contribution in [0, 0.1) is 11.3 Å². The standard InChI is InChI=1S/C17H23NO2/c1-4-17(20,11-5-6-12-19)15-9-7-14(8-10-15)16(2,3)13-18/h4,7-10,19-20H,1,5-6,11-12H2,2-3H3. The van der Waals surface area contributed by atoms with E-state index in [1.54, 1.807) is 0 Å². The summed E-state index contributed by atoms with van der Waals surface area (Å²) < 4.78 is 0. The number of benzene rings is 1. The first-order valence-corrected chi connectivity index (χ1v) is 6.89. The van der Waals surface area contributed by atoms with Crippen molar-refractivity contribution >= 4 is 0 Å². The van der Waals surface area contributed by atoms with E-state index in [4.69, 9.17) is 10.4 Å². The van der Waals surface area contributed by atoms with Gasteiger partial charge in [0.1, 0.15) is 5.60 Å². The van der Waals surface area contributed by atoms with Gasteiger partial charge in [-0.05, 0) is 44.2 Å². The van der Waals surface area contributed by atoms with E-state index in [2.05, 4.69) is 12.6 Å². The van der Waals surface area contributed by atoms with Gasteiger partial charge >= 0.3 is 0 Å². The first kappa shape index (κ1) is 16.4. The normalized spacial score (nSPS) is 14.3. The quantitative estimate of drug-likeness (QED) is 0.593. The third-order valence-electron chi connectivity index (χ3n) is 3.69. The van der Waals surface area contributed by atoms with Crippen LogP contribution in [-0.2, 0) is 11.0 Å². The molecule has 3 heteroatoms. The predicted octanol–water partition coefficient (Wildman–Crippen LogP) is 3.02. The number of rotatable bonds is 7. The Morgan fingerprint density at radius 2 is 1.75 bits per heavy atom. The Hall–Kier alpha value is -1.63. The van der Waals surface area contributed by atoms with Crippen LogP contribution in [-0.4, -0.2) is 16.8 Å². The van der Waals surface area contributed by atoms with Crippen molar-refractivity contribution in [3.8, 4) is 6.07 Å². The maximum atomic E-state index is 10.6. The molecule has 0 aromatic heterocycles. The van der Waals surface area contributed by atoms with Crippen molar-refractivity contribution in [2.45, 2.75) is 44.1 Å². The summed E-state index contributed by atoms with van der Waals surface area (Å²) in [4.78, 5) is 0. The van der Waals surface area contributed by atoms with E-state index in [0.29, 0.717) is 12.8 Å². The zero-order valence-electron chi connectivity index (χ0n) is 12.3. The smallest absolute Gasteiger partial charge is 0.107 e. The summed E-state index contributed by atoms with van der Waals surface area (Å²) in [5.41, 5.74) is 0.0695. The fourth-order valence-electron chi connectivity index (χ4n) is 2.11. The molecule has 0 heterocycles. The first-order valence-electron chi connectivity index (χ1n) is 6.89. The summed E-state index contributed by atoms with van der Waals surface area (Å²) in [7, 11) is 0. The van der Waals surface area contributed by atoms with Gasteiger partial charge in [-0.1, -0.05) is 36.9 Å². The molecule has 0 amide bonds. The van der Waals surface area contributed by atoms with Crippen LogP contribution in [0.4, 0.5) is 0 Å². The van der Waals surface area contributed by atoms with E-state index in [1.165, 1.54) is 6.08 Å². The zero-order valence-corrected chi connectivity index (χ0v) is 12.3. The van der Waals surface area contributed by atoms with E-state index in [0.717, 1.165) is 17.5 Å². The first-order chi connectivity index (χ1) is 9.39. The second kappa shape index (κ2) is 6.69. The SMILES string of the molecule is C=CC(O)(CCCCO)c1ccc(C(C)(C)C#N)cc1. The number of nitrogens with zero attached hydrogens (tertiary/aromatic N) is 1. The van der Waals surface area contributed by atoms with Crippen LogP contribution in [0.3, 0.4) is 0 Å². The molecule has 0 spiro atoms. The summed E-state index contributed by atoms with van der Waals surface area (Å²) in [5, 5.41) is 28.6. The molecule has 20 heavy (non-hydrogen) atoms. The van der Waals surface area contributed by atoms with E-state index in [9.17, 15) is 5.11 Å². The Bertz CT molecular complexity index is 485. The molecule has 0 fully saturated rings. The molecule has 0 aliphatic carbocycles. The molecule has 0 aliphatic heterocycles. The summed E-state index contributed by atoms with van der Waals surface area (Å²) in [5.74, 6) is 0. The van der Waals surface area contributed by atoms with Crippen LogP contribution in [0.25, 0.3) is 0 Å². The van der Waals surface area contributed by atoms with Crippen LogP contribution in [0.2, 0.25) is 0 Å². The fraction of sp³-hybridized carbons (Fsp3) is 0.471. The van der Waals surface area contributed by atoms with Gasteiger partial charge in [-0.3, -0.25) is 0 Å². The van der Waals surface area contributed by atoms with Gasteiger partial charge in [0.15, 0.2) is 0 Å². The van der Waals surface area contributed by atoms with Crippen LogP contribution < -0.4 is 0 Å². The molecule has 1 atom stereocenters. The zero-order chi connectivity index (χ0) is 15.2. The lowest BCUT2D eigenvalue weighted by Crippen LogP contribution is -2.23. The Morgan fingerprint density at radius 3 is 2.20 bits per heavy atom. The molecule has 2 N–H and O–H groups in total. The minimum absolute atomic E-state index is 0.127. The summed E-state index contributed by atoms with van der Waals surface area (Å²) in [6.07, 6.45) is 3.45. The van der Waals surface area contributed by atoms with Crippen molar-refractivity contribution in [3.05, 3.63) is 48.0 Å². The van der Waals surface area contributed by atoms with Crippen molar-refractivity contribution in [2.75, 3.05) is 6.61 Å². The molecule has 3 nitrogen and oxygen atoms in total. The number of hydrogen-bond donors (Lipinski definition) is 2. The van der Waals surface area contributed by atoms with Crippen molar-refractivity contribution < 1.29 is 10.2 Å². The number of aliphatic hydroxyl groups excluding tert-OH is 1. The molecule has 0 saturated carbocycles. The van der Waals surface area contributed by atoms with Crippen molar-refractivity contribution in [3.63, 3.8) is 0 Å². The lowest BCUT2D eigenvalue weighted by molar-refractivity contribution is 0.0751. The minimum Gasteiger partial charge on any atom is -0.396 e. The van der Waals surface area contributed by atoms with E-state index >= 15 is 0 Å². The highest BCUT2D eigenvalue weighted by atomic mass is 16.3. The van der Waals surface area contributed by atoms with Gasteiger partial charge in [0, 0.05) is 6.61 Å². The summed E-state index contributed by atoms with van der Waals surface area (Å²) in [6, 6.07) is 9.69. The van der Waals surface area contributed by atoms with Gasteiger partial charge in [-0.25, -0.2) is 0 Å². The molecule has 1 rings (SSSR count). The molecule has 1 unspecified atom stereocenters. The highest BCUT2D eigenvalue weighted by molar-refractivity contribution is 5.36. The van der Waals surface area contributed by atoms with Crippen LogP contribution >= 0.6 is 0 Å². The molecule has 0 aliphatic rings. The van der Waals surface area contributed by atoms with Gasteiger partial charge in [-0.15, -0.1) is 0 Å². The minimum atomic E-state index is -1.08. The number of aliphatic hydroxyl groups is 2. The van der Waals surface area contributed by atoms with Crippen LogP contribution in [0.15, 0.2) is 36.9 Å². The second-order valence-corrected chi connectivity index (χ2v) is 5.62. The largest absolute Gasteiger partial charge is 0.396 e. The summed E-state index contributed by atoms with van der Waals surface area (Å²) in [6.45, 7) is 7.57. The maximum Gasteiger partial charge on any atom is 0.107 e. The van der Waals surface area contributed by atoms with Crippen molar-refractivity contribution in [2.24, 2.45) is 0 Å². The lowest BCUT2D eigenvalue weighted by atomic mass is 9.83. The van der Waals surface area contributed by atoms with Gasteiger partial charge in [-0.2, -0.15) is 5.26 Å². The fourth-order valence-corrected chi connectivity index (χ4v) is 2.11. The maximum absolute atomic E-state index is 10.6. The highest BCUT2D eigenvalue weighted by Gasteiger charge is 2.26. The Labute approximate surface area is 121 Å². The topological polar surface area (TPSA) is 64.2 Å². The highest BCUT2D eigenvalue weighted by Crippen LogP contribution is 2.30. The molecular formula is C17H23NO2. The average Bonchev–Trinajstić information content (AvgIpc) is 2.47. The monoisotopic (exact) mass is 273 g/mol. The second-order valence-electron chi connectivity index (χ2n) is 5.62. The van der Waals surface area contributed by atoms with Crippen LogP contribution in [0.5, 0.6) is 0 Å². The van der Waals surface area contributed by atoms with E-state index in [-0.39, 0.29) is 6.61 Å². The Morgan fingerprint density at radius 1 is 1.20 bits per heavy atom. The third kappa shape index (κ3) is 3.69.